The minimum Gasteiger partial charge on any atom is -0.456 e. The predicted octanol–water partition coefficient (Wildman–Crippen LogP) is 32.2. The fraction of sp³-hybridized carbons (Fsp3) is 0.0169. The van der Waals surface area contributed by atoms with Crippen LogP contribution in [-0.2, 0) is 10.8 Å². The second-order valence-electron chi connectivity index (χ2n) is 31.9. The number of rotatable bonds is 11. The van der Waals surface area contributed by atoms with Gasteiger partial charge in [0.2, 0.25) is 0 Å². The van der Waals surface area contributed by atoms with E-state index in [-0.39, 0.29) is 0 Å². The average Bonchev–Trinajstić information content (AvgIpc) is 1.54. The number of hydrogen-bond donors (Lipinski definition) is 1. The van der Waals surface area contributed by atoms with Crippen molar-refractivity contribution in [3.05, 3.63) is 523 Å². The zero-order valence-corrected chi connectivity index (χ0v) is 67.9. The molecule has 20 aromatic carbocycles. The van der Waals surface area contributed by atoms with Crippen LogP contribution in [0.25, 0.3) is 111 Å². The van der Waals surface area contributed by atoms with Crippen molar-refractivity contribution in [1.29, 1.82) is 0 Å². The van der Waals surface area contributed by atoms with Gasteiger partial charge in [0.25, 0.3) is 0 Å². The second kappa shape index (κ2) is 31.3. The fourth-order valence-electron chi connectivity index (χ4n) is 19.3. The SMILES string of the molecule is Clc1ccc(-c2ccc3c(c2)C2(c4ccccc4Oc4c2ccc2ccccc42)c2ccccc2-3)cc1.c1ccc(-c2ccc(N(c3ccc(-c4ccccc4)cc3)c3ccc(-c4ccc5c(c4)C4(c6ccccc6Oc6c4ccc4ccccc64)c4ccccc4-5)cc3)cc2)cc1.c1ccc(-c2ccc(Nc3ccc(-c4ccccc4)cc3)cc2)cc1. The van der Waals surface area contributed by atoms with Crippen molar-refractivity contribution in [2.75, 3.05) is 10.2 Å². The van der Waals surface area contributed by atoms with Gasteiger partial charge in [0, 0.05) is 66.5 Å². The molecule has 5 heteroatoms. The van der Waals surface area contributed by atoms with Crippen molar-refractivity contribution in [1.82, 2.24) is 0 Å². The Bertz CT molecular complexity index is 7180. The number of benzene rings is 20. The molecule has 24 rings (SSSR count). The summed E-state index contributed by atoms with van der Waals surface area (Å²) in [5.41, 5.74) is 33.8. The average molecular weight is 1590 g/mol. The van der Waals surface area contributed by atoms with E-state index in [1.807, 2.05) is 24.3 Å². The lowest BCUT2D eigenvalue weighted by molar-refractivity contribution is 0.441. The Balaban J connectivity index is 0.000000123. The van der Waals surface area contributed by atoms with Gasteiger partial charge < -0.3 is 19.7 Å². The normalized spacial score (nSPS) is 14.3. The van der Waals surface area contributed by atoms with Gasteiger partial charge in [0.05, 0.1) is 10.8 Å². The number of nitrogens with one attached hydrogen (secondary N) is 1. The molecular weight excluding hydrogens is 1510 g/mol. The van der Waals surface area contributed by atoms with Gasteiger partial charge in [-0.15, -0.1) is 0 Å². The molecule has 4 aliphatic rings. The molecule has 2 aliphatic carbocycles. The third-order valence-electron chi connectivity index (χ3n) is 25.0. The third kappa shape index (κ3) is 13.0. The maximum Gasteiger partial charge on any atom is 0.140 e. The van der Waals surface area contributed by atoms with Crippen LogP contribution in [0.3, 0.4) is 0 Å². The molecule has 123 heavy (non-hydrogen) atoms. The number of para-hydroxylation sites is 2. The highest BCUT2D eigenvalue weighted by atomic mass is 35.5. The van der Waals surface area contributed by atoms with Gasteiger partial charge in [-0.05, 0) is 219 Å². The molecule has 2 heterocycles. The maximum atomic E-state index is 6.88. The van der Waals surface area contributed by atoms with E-state index in [2.05, 4.69) is 459 Å². The number of ether oxygens (including phenoxy) is 2. The van der Waals surface area contributed by atoms with Crippen LogP contribution in [0.4, 0.5) is 28.4 Å². The third-order valence-corrected chi connectivity index (χ3v) is 25.3. The molecule has 0 amide bonds. The molecule has 1 N–H and O–H groups in total. The number of halogens is 1. The van der Waals surface area contributed by atoms with Crippen LogP contribution in [-0.4, -0.2) is 0 Å². The zero-order chi connectivity index (χ0) is 81.8. The van der Waals surface area contributed by atoms with Gasteiger partial charge in [-0.3, -0.25) is 0 Å². The first-order valence-corrected chi connectivity index (χ1v) is 42.4. The molecule has 0 saturated carbocycles. The van der Waals surface area contributed by atoms with Crippen molar-refractivity contribution in [2.45, 2.75) is 10.8 Å². The minimum atomic E-state index is -0.551. The van der Waals surface area contributed by atoms with Gasteiger partial charge in [0.1, 0.15) is 23.0 Å². The quantitative estimate of drug-likeness (QED) is 0.140. The first-order valence-electron chi connectivity index (χ1n) is 42.0. The molecule has 0 saturated heterocycles. The van der Waals surface area contributed by atoms with Crippen LogP contribution in [0.5, 0.6) is 23.0 Å². The van der Waals surface area contributed by atoms with E-state index in [0.717, 1.165) is 78.4 Å². The molecule has 580 valence electrons. The van der Waals surface area contributed by atoms with Crippen molar-refractivity contribution in [2.24, 2.45) is 0 Å². The van der Waals surface area contributed by atoms with Gasteiger partial charge in [-0.1, -0.05) is 388 Å². The highest BCUT2D eigenvalue weighted by Crippen LogP contribution is 2.66. The summed E-state index contributed by atoms with van der Waals surface area (Å²) < 4.78 is 13.6. The van der Waals surface area contributed by atoms with Crippen LogP contribution in [0.15, 0.2) is 473 Å². The Morgan fingerprint density at radius 1 is 0.203 bits per heavy atom. The van der Waals surface area contributed by atoms with E-state index in [4.69, 9.17) is 21.1 Å². The fourth-order valence-corrected chi connectivity index (χ4v) is 19.4. The van der Waals surface area contributed by atoms with E-state index in [1.54, 1.807) is 0 Å². The summed E-state index contributed by atoms with van der Waals surface area (Å²) in [4.78, 5) is 2.35. The number of fused-ring (bicyclic) bond motifs is 22. The van der Waals surface area contributed by atoms with Crippen LogP contribution in [0, 0.1) is 0 Å². The van der Waals surface area contributed by atoms with Crippen LogP contribution in [0.1, 0.15) is 44.5 Å². The zero-order valence-electron chi connectivity index (χ0n) is 67.2. The second-order valence-corrected chi connectivity index (χ2v) is 32.3. The molecule has 0 bridgehead atoms. The molecule has 2 unspecified atom stereocenters. The molecule has 2 spiro atoms. The summed E-state index contributed by atoms with van der Waals surface area (Å²) in [5, 5.41) is 8.81. The summed E-state index contributed by atoms with van der Waals surface area (Å²) >= 11 is 6.22. The molecule has 4 nitrogen and oxygen atoms in total. The standard InChI is InChI=1S/C59H39NO.C35H21ClO.C24H19N/c1-3-13-40(14-4-1)42-23-31-47(32-24-42)60(48-33-25-43(26-34-48)41-15-5-2-6-16-41)49-35-27-44(28-36-49)46-29-37-52-51-19-9-10-20-53(51)59(56(52)39-46)54-21-11-12-22-57(54)61-58-50-18-8-7-17-45(50)30-38-55(58)59;36-25-17-13-22(14-18-25)24-15-19-28-27-9-3-4-10-29(27)35(32(28)21-24)30-11-5-6-12-33(30)37-34-26-8-2-1-7-23(26)16-20-31(34)35;1-3-7-19(8-4-1)21-11-15-23(16-12-21)25-24-17-13-22(14-18-24)20-9-5-2-6-10-20/h1-39H;1-21H;1-18,25H. The van der Waals surface area contributed by atoms with E-state index in [1.165, 1.54) is 133 Å². The maximum absolute atomic E-state index is 6.88. The van der Waals surface area contributed by atoms with E-state index in [9.17, 15) is 0 Å². The van der Waals surface area contributed by atoms with Crippen molar-refractivity contribution < 1.29 is 9.47 Å². The van der Waals surface area contributed by atoms with Crippen molar-refractivity contribution in [3.8, 4) is 112 Å². The smallest absolute Gasteiger partial charge is 0.140 e. The number of hydrogen-bond acceptors (Lipinski definition) is 4. The molecule has 2 atom stereocenters. The van der Waals surface area contributed by atoms with E-state index in [0.29, 0.717) is 0 Å². The Morgan fingerprint density at radius 3 is 0.854 bits per heavy atom. The molecule has 20 aromatic rings. The Morgan fingerprint density at radius 2 is 0.480 bits per heavy atom. The summed E-state index contributed by atoms with van der Waals surface area (Å²) in [7, 11) is 0. The van der Waals surface area contributed by atoms with Gasteiger partial charge in [-0.25, -0.2) is 0 Å². The van der Waals surface area contributed by atoms with Crippen molar-refractivity contribution >= 4 is 61.6 Å². The molecule has 0 fully saturated rings. The monoisotopic (exact) mass is 1590 g/mol. The van der Waals surface area contributed by atoms with E-state index >= 15 is 0 Å². The minimum absolute atomic E-state index is 0.484. The van der Waals surface area contributed by atoms with Crippen LogP contribution >= 0.6 is 11.6 Å². The Labute approximate surface area is 721 Å². The molecule has 2 aliphatic heterocycles. The number of nitrogens with zero attached hydrogens (tertiary/aromatic N) is 1. The van der Waals surface area contributed by atoms with E-state index < -0.39 is 10.8 Å². The van der Waals surface area contributed by atoms with Gasteiger partial charge in [0.15, 0.2) is 0 Å². The topological polar surface area (TPSA) is 33.7 Å². The number of anilines is 5. The summed E-state index contributed by atoms with van der Waals surface area (Å²) in [5.74, 6) is 3.68. The largest absolute Gasteiger partial charge is 0.456 e. The summed E-state index contributed by atoms with van der Waals surface area (Å²) in [6.07, 6.45) is 0. The summed E-state index contributed by atoms with van der Waals surface area (Å²) in [6, 6.07) is 169. The van der Waals surface area contributed by atoms with Crippen LogP contribution < -0.4 is 19.7 Å². The van der Waals surface area contributed by atoms with Gasteiger partial charge >= 0.3 is 0 Å². The van der Waals surface area contributed by atoms with Gasteiger partial charge in [-0.2, -0.15) is 0 Å². The lowest BCUT2D eigenvalue weighted by Crippen LogP contribution is -2.32. The highest BCUT2D eigenvalue weighted by Gasteiger charge is 2.53. The summed E-state index contributed by atoms with van der Waals surface area (Å²) in [6.45, 7) is 0. The first-order chi connectivity index (χ1) is 60.9. The lowest BCUT2D eigenvalue weighted by atomic mass is 9.65. The molecule has 0 aromatic heterocycles. The highest BCUT2D eigenvalue weighted by molar-refractivity contribution is 6.30. The Hall–Kier alpha value is -15.6. The van der Waals surface area contributed by atoms with Crippen LogP contribution in [0.2, 0.25) is 5.02 Å². The predicted molar refractivity (Wildman–Crippen MR) is 511 cm³/mol. The first kappa shape index (κ1) is 73.8. The molecule has 0 radical (unpaired) electrons. The lowest BCUT2D eigenvalue weighted by Gasteiger charge is -2.40. The molecular formula is C118H79ClN2O2. The van der Waals surface area contributed by atoms with Crippen molar-refractivity contribution in [3.63, 3.8) is 0 Å². The Kier molecular flexibility index (Phi) is 18.8.